The standard InChI is InChI=1S/C5HCl2F3O4S3/c6-16(11,12)3-2(5(8,9)10)1-15-4(3)17(7,13)14/h1H. The first-order valence-electron chi connectivity index (χ1n) is 3.43. The van der Waals surface area contributed by atoms with Crippen molar-refractivity contribution in [3.63, 3.8) is 0 Å². The fourth-order valence-corrected chi connectivity index (χ4v) is 5.85. The molecule has 17 heavy (non-hydrogen) atoms. The lowest BCUT2D eigenvalue weighted by atomic mass is 10.3. The van der Waals surface area contributed by atoms with Crippen LogP contribution in [0.15, 0.2) is 14.5 Å². The Morgan fingerprint density at radius 2 is 1.53 bits per heavy atom. The third-order valence-corrected chi connectivity index (χ3v) is 6.22. The van der Waals surface area contributed by atoms with Gasteiger partial charge in [0.2, 0.25) is 0 Å². The highest BCUT2D eigenvalue weighted by molar-refractivity contribution is 8.17. The summed E-state index contributed by atoms with van der Waals surface area (Å²) < 4.78 is 79.9. The zero-order valence-corrected chi connectivity index (χ0v) is 11.3. The van der Waals surface area contributed by atoms with Crippen molar-refractivity contribution < 1.29 is 30.0 Å². The van der Waals surface area contributed by atoms with Crippen LogP contribution < -0.4 is 0 Å². The Labute approximate surface area is 107 Å². The van der Waals surface area contributed by atoms with E-state index in [4.69, 9.17) is 21.4 Å². The molecule has 4 nitrogen and oxygen atoms in total. The molecular formula is C5HCl2F3O4S3. The van der Waals surface area contributed by atoms with Crippen LogP contribution in [0.5, 0.6) is 0 Å². The molecule has 0 amide bonds. The number of alkyl halides is 3. The molecule has 0 bridgehead atoms. The smallest absolute Gasteiger partial charge is 0.207 e. The van der Waals surface area contributed by atoms with Gasteiger partial charge in [0.15, 0.2) is 4.21 Å². The minimum Gasteiger partial charge on any atom is -0.207 e. The number of hydrogen-bond donors (Lipinski definition) is 0. The predicted octanol–water partition coefficient (Wildman–Crippen LogP) is 2.62. The highest BCUT2D eigenvalue weighted by Crippen LogP contribution is 2.43. The second-order valence-corrected chi connectivity index (χ2v) is 8.78. The quantitative estimate of drug-likeness (QED) is 0.770. The van der Waals surface area contributed by atoms with Gasteiger partial charge in [-0.3, -0.25) is 0 Å². The third kappa shape index (κ3) is 3.25. The largest absolute Gasteiger partial charge is 0.418 e. The van der Waals surface area contributed by atoms with E-state index >= 15 is 0 Å². The second kappa shape index (κ2) is 4.26. The zero-order valence-electron chi connectivity index (χ0n) is 7.32. The van der Waals surface area contributed by atoms with Crippen molar-refractivity contribution >= 4 is 50.8 Å². The van der Waals surface area contributed by atoms with E-state index in [1.807, 2.05) is 0 Å². The molecule has 0 saturated heterocycles. The van der Waals surface area contributed by atoms with Gasteiger partial charge in [0.1, 0.15) is 4.90 Å². The van der Waals surface area contributed by atoms with Crippen LogP contribution in [0.4, 0.5) is 13.2 Å². The van der Waals surface area contributed by atoms with Gasteiger partial charge in [0.05, 0.1) is 5.56 Å². The molecule has 0 aliphatic rings. The summed E-state index contributed by atoms with van der Waals surface area (Å²) in [4.78, 5) is -1.54. The van der Waals surface area contributed by atoms with Crippen LogP contribution >= 0.6 is 32.7 Å². The minimum atomic E-state index is -5.05. The molecule has 0 atom stereocenters. The van der Waals surface area contributed by atoms with Gasteiger partial charge in [-0.25, -0.2) is 16.8 Å². The Bertz CT molecular complexity index is 642. The predicted molar refractivity (Wildman–Crippen MR) is 55.4 cm³/mol. The first-order valence-corrected chi connectivity index (χ1v) is 8.93. The summed E-state index contributed by atoms with van der Waals surface area (Å²) in [6, 6.07) is 0. The molecule has 12 heteroatoms. The monoisotopic (exact) mass is 348 g/mol. The van der Waals surface area contributed by atoms with Crippen molar-refractivity contribution in [2.24, 2.45) is 0 Å². The lowest BCUT2D eigenvalue weighted by Crippen LogP contribution is -2.09. The van der Waals surface area contributed by atoms with E-state index in [0.29, 0.717) is 5.38 Å². The van der Waals surface area contributed by atoms with Crippen LogP contribution in [0.2, 0.25) is 0 Å². The van der Waals surface area contributed by atoms with Crippen molar-refractivity contribution in [2.75, 3.05) is 0 Å². The molecule has 0 aliphatic heterocycles. The SMILES string of the molecule is O=S(=O)(Cl)c1scc(C(F)(F)F)c1S(=O)(=O)Cl. The highest BCUT2D eigenvalue weighted by Gasteiger charge is 2.42. The maximum Gasteiger partial charge on any atom is 0.418 e. The molecule has 1 aromatic heterocycles. The third-order valence-electron chi connectivity index (χ3n) is 1.48. The van der Waals surface area contributed by atoms with Crippen LogP contribution in [0.25, 0.3) is 0 Å². The molecule has 0 spiro atoms. The van der Waals surface area contributed by atoms with E-state index < -0.39 is 38.9 Å². The van der Waals surface area contributed by atoms with Gasteiger partial charge in [-0.1, -0.05) is 0 Å². The summed E-state index contributed by atoms with van der Waals surface area (Å²) in [5, 5.41) is 0.324. The lowest BCUT2D eigenvalue weighted by molar-refractivity contribution is -0.139. The average Bonchev–Trinajstić information content (AvgIpc) is 2.42. The fourth-order valence-electron chi connectivity index (χ4n) is 0.924. The van der Waals surface area contributed by atoms with Crippen molar-refractivity contribution in [1.82, 2.24) is 0 Å². The minimum absolute atomic E-state index is 0.0333. The Balaban J connectivity index is 3.78. The van der Waals surface area contributed by atoms with Gasteiger partial charge in [-0.2, -0.15) is 13.2 Å². The molecule has 0 aliphatic carbocycles. The molecule has 0 N–H and O–H groups in total. The van der Waals surface area contributed by atoms with Crippen LogP contribution in [0.1, 0.15) is 5.56 Å². The van der Waals surface area contributed by atoms with E-state index in [1.54, 1.807) is 0 Å². The van der Waals surface area contributed by atoms with Gasteiger partial charge in [0.25, 0.3) is 18.1 Å². The molecule has 98 valence electrons. The number of thiophene rings is 1. The molecule has 0 unspecified atom stereocenters. The molecule has 1 aromatic rings. The molecule has 0 saturated carbocycles. The summed E-state index contributed by atoms with van der Waals surface area (Å²) in [6.07, 6.45) is -5.05. The summed E-state index contributed by atoms with van der Waals surface area (Å²) >= 11 is 0.0333. The van der Waals surface area contributed by atoms with E-state index in [2.05, 4.69) is 0 Å². The zero-order chi connectivity index (χ0) is 13.6. The lowest BCUT2D eigenvalue weighted by Gasteiger charge is -2.06. The Morgan fingerprint density at radius 1 is 1.06 bits per heavy atom. The first-order chi connectivity index (χ1) is 7.35. The summed E-state index contributed by atoms with van der Waals surface area (Å²) in [7, 11) is 0.0865. The van der Waals surface area contributed by atoms with Crippen molar-refractivity contribution in [3.8, 4) is 0 Å². The fraction of sp³-hybridized carbons (Fsp3) is 0.200. The van der Waals surface area contributed by atoms with Gasteiger partial charge >= 0.3 is 6.18 Å². The summed E-state index contributed by atoms with van der Waals surface area (Å²) in [5.41, 5.74) is -1.66. The molecule has 0 radical (unpaired) electrons. The maximum absolute atomic E-state index is 12.4. The van der Waals surface area contributed by atoms with Crippen LogP contribution in [0, 0.1) is 0 Å². The van der Waals surface area contributed by atoms with Gasteiger partial charge in [-0.05, 0) is 0 Å². The molecule has 1 rings (SSSR count). The Morgan fingerprint density at radius 3 is 1.82 bits per heavy atom. The number of hydrogen-bond acceptors (Lipinski definition) is 5. The second-order valence-electron chi connectivity index (χ2n) is 2.64. The average molecular weight is 349 g/mol. The maximum atomic E-state index is 12.4. The van der Waals surface area contributed by atoms with E-state index in [-0.39, 0.29) is 11.3 Å². The number of rotatable bonds is 2. The Hall–Kier alpha value is -0.0300. The van der Waals surface area contributed by atoms with E-state index in [1.165, 1.54) is 0 Å². The number of halogens is 5. The molecule has 1 heterocycles. The first kappa shape index (κ1) is 15.0. The Kier molecular flexibility index (Phi) is 3.77. The van der Waals surface area contributed by atoms with Crippen LogP contribution in [-0.2, 0) is 24.3 Å². The van der Waals surface area contributed by atoms with Gasteiger partial charge < -0.3 is 0 Å². The van der Waals surface area contributed by atoms with Crippen LogP contribution in [-0.4, -0.2) is 16.8 Å². The highest BCUT2D eigenvalue weighted by atomic mass is 35.7. The van der Waals surface area contributed by atoms with Gasteiger partial charge in [0, 0.05) is 26.7 Å². The summed E-state index contributed by atoms with van der Waals surface area (Å²) in [5.74, 6) is 0. The van der Waals surface area contributed by atoms with E-state index in [0.717, 1.165) is 0 Å². The summed E-state index contributed by atoms with van der Waals surface area (Å²) in [6.45, 7) is 0. The van der Waals surface area contributed by atoms with Crippen molar-refractivity contribution in [2.45, 2.75) is 15.3 Å². The molecule has 0 aromatic carbocycles. The normalized spacial score (nSPS) is 13.9. The van der Waals surface area contributed by atoms with Gasteiger partial charge in [-0.15, -0.1) is 11.3 Å². The molecular weight excluding hydrogens is 348 g/mol. The van der Waals surface area contributed by atoms with Crippen LogP contribution in [0.3, 0.4) is 0 Å². The van der Waals surface area contributed by atoms with Crippen molar-refractivity contribution in [3.05, 3.63) is 10.9 Å². The molecule has 0 fully saturated rings. The van der Waals surface area contributed by atoms with E-state index in [9.17, 15) is 30.0 Å². The van der Waals surface area contributed by atoms with Crippen molar-refractivity contribution in [1.29, 1.82) is 0 Å². The topological polar surface area (TPSA) is 68.3 Å².